The third kappa shape index (κ3) is 1.34. The molecule has 0 saturated heterocycles. The van der Waals surface area contributed by atoms with Gasteiger partial charge < -0.3 is 0 Å². The molecular formula is C9H7AsO. The summed E-state index contributed by atoms with van der Waals surface area (Å²) in [5.74, 6) is 0.991. The van der Waals surface area contributed by atoms with E-state index >= 15 is 0 Å². The van der Waals surface area contributed by atoms with Crippen LogP contribution in [-0.4, -0.2) is 16.9 Å². The molecule has 1 aliphatic heterocycles. The molecule has 0 unspecified atom stereocenters. The van der Waals surface area contributed by atoms with Gasteiger partial charge in [0.1, 0.15) is 0 Å². The molecule has 54 valence electrons. The third-order valence-corrected chi connectivity index (χ3v) is 2.26. The first-order valence-corrected chi connectivity index (χ1v) is 4.45. The molecular weight excluding hydrogens is 199 g/mol. The zero-order chi connectivity index (χ0) is 7.68. The second-order valence-electron chi connectivity index (χ2n) is 2.46. The van der Waals surface area contributed by atoms with Crippen molar-refractivity contribution in [2.24, 2.45) is 0 Å². The number of para-hydroxylation sites is 1. The van der Waals surface area contributed by atoms with Crippen LogP contribution in [0.2, 0.25) is 0 Å². The summed E-state index contributed by atoms with van der Waals surface area (Å²) in [6.07, 6.45) is 3.06. The van der Waals surface area contributed by atoms with Gasteiger partial charge in [-0.2, -0.15) is 0 Å². The van der Waals surface area contributed by atoms with Crippen molar-refractivity contribution in [2.45, 2.75) is 6.42 Å². The van der Waals surface area contributed by atoms with Crippen molar-refractivity contribution < 1.29 is 4.74 Å². The summed E-state index contributed by atoms with van der Waals surface area (Å²) < 4.78 is 6.41. The molecule has 2 radical (unpaired) electrons. The van der Waals surface area contributed by atoms with E-state index in [-0.39, 0.29) is 0 Å². The van der Waals surface area contributed by atoms with Crippen LogP contribution < -0.4 is 4.74 Å². The fourth-order valence-electron chi connectivity index (χ4n) is 1.12. The molecule has 1 aromatic carbocycles. The standard InChI is InChI=1S/C9H7AsO/c10-9-6-5-7-3-1-2-4-8(7)11-9/h1-4,6H,5H2. The van der Waals surface area contributed by atoms with Crippen molar-refractivity contribution in [1.29, 1.82) is 0 Å². The number of rotatable bonds is 0. The van der Waals surface area contributed by atoms with Crippen molar-refractivity contribution in [2.75, 3.05) is 0 Å². The van der Waals surface area contributed by atoms with Crippen molar-refractivity contribution in [1.82, 2.24) is 0 Å². The summed E-state index contributed by atoms with van der Waals surface area (Å²) in [4.78, 5) is 0. The molecule has 0 saturated carbocycles. The van der Waals surface area contributed by atoms with Gasteiger partial charge in [-0.1, -0.05) is 0 Å². The summed E-state index contributed by atoms with van der Waals surface area (Å²) in [6.45, 7) is 0. The van der Waals surface area contributed by atoms with Crippen LogP contribution in [0.5, 0.6) is 5.75 Å². The SMILES string of the molecule is [As]C1=CCc2ccccc2O1. The minimum atomic E-state index is 0.941. The van der Waals surface area contributed by atoms with Crippen molar-refractivity contribution in [3.63, 3.8) is 0 Å². The fraction of sp³-hybridized carbons (Fsp3) is 0.111. The predicted octanol–water partition coefficient (Wildman–Crippen LogP) is 1.63. The molecule has 0 N–H and O–H groups in total. The molecule has 0 atom stereocenters. The van der Waals surface area contributed by atoms with E-state index in [1.54, 1.807) is 0 Å². The number of fused-ring (bicyclic) bond motifs is 1. The summed E-state index contributed by atoms with van der Waals surface area (Å²) >= 11 is 2.42. The van der Waals surface area contributed by atoms with Gasteiger partial charge in [-0.05, 0) is 0 Å². The van der Waals surface area contributed by atoms with E-state index in [9.17, 15) is 0 Å². The van der Waals surface area contributed by atoms with Crippen LogP contribution in [0.15, 0.2) is 34.9 Å². The molecule has 0 aliphatic carbocycles. The van der Waals surface area contributed by atoms with Crippen LogP contribution in [0.25, 0.3) is 0 Å². The first-order valence-electron chi connectivity index (χ1n) is 3.51. The molecule has 0 fully saturated rings. The van der Waals surface area contributed by atoms with Crippen LogP contribution in [-0.2, 0) is 6.42 Å². The van der Waals surface area contributed by atoms with E-state index in [1.165, 1.54) is 5.56 Å². The van der Waals surface area contributed by atoms with Gasteiger partial charge in [0.2, 0.25) is 0 Å². The van der Waals surface area contributed by atoms with Gasteiger partial charge in [-0.15, -0.1) is 0 Å². The number of hydrogen-bond donors (Lipinski definition) is 0. The van der Waals surface area contributed by atoms with Gasteiger partial charge >= 0.3 is 74.2 Å². The number of ether oxygens (including phenoxy) is 1. The zero-order valence-corrected chi connectivity index (χ0v) is 7.83. The van der Waals surface area contributed by atoms with Gasteiger partial charge in [0.25, 0.3) is 0 Å². The van der Waals surface area contributed by atoms with Crippen LogP contribution in [0.3, 0.4) is 0 Å². The van der Waals surface area contributed by atoms with Crippen molar-refractivity contribution in [3.05, 3.63) is 40.5 Å². The Kier molecular flexibility index (Phi) is 1.75. The normalized spacial score (nSPS) is 14.8. The molecule has 1 aromatic rings. The topological polar surface area (TPSA) is 9.23 Å². The van der Waals surface area contributed by atoms with Gasteiger partial charge in [0.15, 0.2) is 0 Å². The maximum absolute atomic E-state index is 5.47. The summed E-state index contributed by atoms with van der Waals surface area (Å²) in [5.41, 5.74) is 1.27. The average Bonchev–Trinajstić information content (AvgIpc) is 2.04. The number of hydrogen-bond acceptors (Lipinski definition) is 1. The van der Waals surface area contributed by atoms with Gasteiger partial charge in [-0.3, -0.25) is 0 Å². The Morgan fingerprint density at radius 3 is 3.00 bits per heavy atom. The Bertz CT molecular complexity index is 304. The molecule has 1 aliphatic rings. The summed E-state index contributed by atoms with van der Waals surface area (Å²) in [7, 11) is 0. The first-order chi connectivity index (χ1) is 5.36. The molecule has 1 nitrogen and oxygen atoms in total. The second kappa shape index (κ2) is 2.75. The van der Waals surface area contributed by atoms with Crippen LogP contribution in [0, 0.1) is 0 Å². The molecule has 1 heterocycles. The minimum absolute atomic E-state index is 0.941. The Morgan fingerprint density at radius 2 is 2.09 bits per heavy atom. The van der Waals surface area contributed by atoms with E-state index in [4.69, 9.17) is 4.74 Å². The van der Waals surface area contributed by atoms with E-state index in [0.29, 0.717) is 0 Å². The van der Waals surface area contributed by atoms with Crippen LogP contribution in [0.4, 0.5) is 0 Å². The molecule has 11 heavy (non-hydrogen) atoms. The molecule has 2 heteroatoms. The number of benzene rings is 1. The summed E-state index contributed by atoms with van der Waals surface area (Å²) in [5, 5.41) is 0. The van der Waals surface area contributed by atoms with Gasteiger partial charge in [-0.25, -0.2) is 0 Å². The summed E-state index contributed by atoms with van der Waals surface area (Å²) in [6, 6.07) is 8.11. The van der Waals surface area contributed by atoms with Crippen molar-refractivity contribution in [3.8, 4) is 5.75 Å². The van der Waals surface area contributed by atoms with E-state index in [0.717, 1.165) is 16.7 Å². The first kappa shape index (κ1) is 6.99. The monoisotopic (exact) mass is 206 g/mol. The maximum atomic E-state index is 5.47. The zero-order valence-electron chi connectivity index (χ0n) is 5.95. The molecule has 0 amide bonds. The second-order valence-corrected chi connectivity index (χ2v) is 3.38. The van der Waals surface area contributed by atoms with E-state index in [2.05, 4.69) is 29.0 Å². The van der Waals surface area contributed by atoms with Crippen molar-refractivity contribution >= 4 is 16.9 Å². The quantitative estimate of drug-likeness (QED) is 0.586. The van der Waals surface area contributed by atoms with Crippen LogP contribution in [0.1, 0.15) is 5.56 Å². The Labute approximate surface area is 74.6 Å². The third-order valence-electron chi connectivity index (χ3n) is 1.68. The fourth-order valence-corrected chi connectivity index (χ4v) is 1.52. The molecule has 0 bridgehead atoms. The molecule has 2 rings (SSSR count). The van der Waals surface area contributed by atoms with E-state index < -0.39 is 0 Å². The number of allylic oxidation sites excluding steroid dienone is 1. The van der Waals surface area contributed by atoms with Gasteiger partial charge in [0.05, 0.1) is 0 Å². The Morgan fingerprint density at radius 1 is 1.27 bits per heavy atom. The molecule has 0 aromatic heterocycles. The van der Waals surface area contributed by atoms with E-state index in [1.807, 2.05) is 18.2 Å². The predicted molar refractivity (Wildman–Crippen MR) is 44.6 cm³/mol. The van der Waals surface area contributed by atoms with Crippen LogP contribution >= 0.6 is 0 Å². The van der Waals surface area contributed by atoms with Gasteiger partial charge in [0, 0.05) is 0 Å². The molecule has 0 spiro atoms. The Balaban J connectivity index is 2.42. The Hall–Kier alpha value is -0.682. The average molecular weight is 206 g/mol.